The summed E-state index contributed by atoms with van der Waals surface area (Å²) in [6.07, 6.45) is 7.18. The highest BCUT2D eigenvalue weighted by atomic mass is 16.3. The zero-order valence-electron chi connectivity index (χ0n) is 7.64. The third-order valence-corrected chi connectivity index (χ3v) is 2.15. The van der Waals surface area contributed by atoms with Crippen LogP contribution in [0, 0.1) is 0 Å². The number of aliphatic hydroxyl groups excluding tert-OH is 1. The first-order valence-electron chi connectivity index (χ1n) is 4.45. The van der Waals surface area contributed by atoms with Crippen LogP contribution in [0.2, 0.25) is 0 Å². The van der Waals surface area contributed by atoms with Gasteiger partial charge in [0, 0.05) is 0 Å². The normalized spacial score (nSPS) is 15.8. The summed E-state index contributed by atoms with van der Waals surface area (Å²) in [5.74, 6) is 0. The van der Waals surface area contributed by atoms with Gasteiger partial charge < -0.3 is 5.11 Å². The van der Waals surface area contributed by atoms with Crippen LogP contribution in [0.3, 0.4) is 0 Å². The van der Waals surface area contributed by atoms with Crippen molar-refractivity contribution in [3.63, 3.8) is 0 Å². The average Bonchev–Trinajstić information content (AvgIpc) is 2.52. The molecule has 1 rings (SSSR count). The van der Waals surface area contributed by atoms with Gasteiger partial charge in [0.2, 0.25) is 0 Å². The van der Waals surface area contributed by atoms with E-state index < -0.39 is 0 Å². The van der Waals surface area contributed by atoms with E-state index >= 15 is 0 Å². The van der Waals surface area contributed by atoms with E-state index in [-0.39, 0.29) is 6.61 Å². The van der Waals surface area contributed by atoms with Crippen molar-refractivity contribution in [1.82, 2.24) is 0 Å². The maximum Gasteiger partial charge on any atom is 0.0648 e. The van der Waals surface area contributed by atoms with Crippen molar-refractivity contribution in [2.75, 3.05) is 6.61 Å². The molecular formula is C11H16O. The molecule has 12 heavy (non-hydrogen) atoms. The van der Waals surface area contributed by atoms with Crippen molar-refractivity contribution >= 4 is 0 Å². The summed E-state index contributed by atoms with van der Waals surface area (Å²) in [7, 11) is 0. The number of allylic oxidation sites excluding steroid dienone is 4. The lowest BCUT2D eigenvalue weighted by Crippen LogP contribution is -1.90. The van der Waals surface area contributed by atoms with E-state index in [1.165, 1.54) is 11.1 Å². The zero-order valence-corrected chi connectivity index (χ0v) is 7.64. The van der Waals surface area contributed by atoms with Gasteiger partial charge >= 0.3 is 0 Å². The molecule has 66 valence electrons. The molecule has 0 aromatic heterocycles. The zero-order chi connectivity index (χ0) is 8.97. The van der Waals surface area contributed by atoms with Gasteiger partial charge in [-0.05, 0) is 24.0 Å². The van der Waals surface area contributed by atoms with Crippen LogP contribution in [-0.2, 0) is 0 Å². The molecular weight excluding hydrogens is 148 g/mol. The molecule has 0 fully saturated rings. The van der Waals surface area contributed by atoms with Gasteiger partial charge in [0.05, 0.1) is 6.61 Å². The number of aliphatic hydroxyl groups is 1. The molecule has 0 atom stereocenters. The largest absolute Gasteiger partial charge is 0.392 e. The number of rotatable bonds is 4. The quantitative estimate of drug-likeness (QED) is 0.677. The second kappa shape index (κ2) is 4.27. The summed E-state index contributed by atoms with van der Waals surface area (Å²) in [6, 6.07) is 0. The van der Waals surface area contributed by atoms with Gasteiger partial charge in [0.1, 0.15) is 0 Å². The summed E-state index contributed by atoms with van der Waals surface area (Å²) in [4.78, 5) is 0. The molecule has 0 aromatic rings. The van der Waals surface area contributed by atoms with Gasteiger partial charge in [-0.1, -0.05) is 37.6 Å². The maximum atomic E-state index is 8.86. The summed E-state index contributed by atoms with van der Waals surface area (Å²) in [5.41, 5.74) is 3.61. The minimum atomic E-state index is 0.180. The SMILES string of the molecule is C=C(CCC)C1=CC=C(CO)C1. The maximum absolute atomic E-state index is 8.86. The van der Waals surface area contributed by atoms with E-state index in [4.69, 9.17) is 5.11 Å². The molecule has 0 heterocycles. The predicted molar refractivity (Wildman–Crippen MR) is 51.9 cm³/mol. The molecule has 0 aliphatic heterocycles. The second-order valence-corrected chi connectivity index (χ2v) is 3.21. The van der Waals surface area contributed by atoms with Crippen LogP contribution in [0.15, 0.2) is 35.5 Å². The monoisotopic (exact) mass is 164 g/mol. The van der Waals surface area contributed by atoms with E-state index in [2.05, 4.69) is 19.6 Å². The standard InChI is InChI=1S/C11H16O/c1-3-4-9(2)11-6-5-10(7-11)8-12/h5-6,12H,2-4,7-8H2,1H3. The third-order valence-electron chi connectivity index (χ3n) is 2.15. The van der Waals surface area contributed by atoms with Gasteiger partial charge in [-0.3, -0.25) is 0 Å². The third kappa shape index (κ3) is 2.08. The van der Waals surface area contributed by atoms with Gasteiger partial charge in [-0.2, -0.15) is 0 Å². The van der Waals surface area contributed by atoms with Gasteiger partial charge in [0.25, 0.3) is 0 Å². The Morgan fingerprint density at radius 3 is 2.83 bits per heavy atom. The highest BCUT2D eigenvalue weighted by molar-refractivity contribution is 5.41. The van der Waals surface area contributed by atoms with Gasteiger partial charge in [0.15, 0.2) is 0 Å². The Bertz CT molecular complexity index is 233. The van der Waals surface area contributed by atoms with Crippen LogP contribution < -0.4 is 0 Å². The van der Waals surface area contributed by atoms with Crippen molar-refractivity contribution in [3.05, 3.63) is 35.5 Å². The van der Waals surface area contributed by atoms with E-state index in [0.717, 1.165) is 24.8 Å². The smallest absolute Gasteiger partial charge is 0.0648 e. The minimum Gasteiger partial charge on any atom is -0.392 e. The van der Waals surface area contributed by atoms with Crippen LogP contribution in [-0.4, -0.2) is 11.7 Å². The molecule has 1 aliphatic carbocycles. The Labute approximate surface area is 74.1 Å². The Kier molecular flexibility index (Phi) is 3.30. The van der Waals surface area contributed by atoms with Crippen LogP contribution in [0.5, 0.6) is 0 Å². The number of hydrogen-bond donors (Lipinski definition) is 1. The number of hydrogen-bond acceptors (Lipinski definition) is 1. The first kappa shape index (κ1) is 9.27. The molecule has 0 spiro atoms. The highest BCUT2D eigenvalue weighted by Crippen LogP contribution is 2.26. The fourth-order valence-electron chi connectivity index (χ4n) is 1.39. The fourth-order valence-corrected chi connectivity index (χ4v) is 1.39. The predicted octanol–water partition coefficient (Wildman–Crippen LogP) is 2.59. The Morgan fingerprint density at radius 2 is 2.33 bits per heavy atom. The minimum absolute atomic E-state index is 0.180. The topological polar surface area (TPSA) is 20.2 Å². The first-order valence-corrected chi connectivity index (χ1v) is 4.45. The molecule has 1 nitrogen and oxygen atoms in total. The molecule has 0 saturated heterocycles. The Morgan fingerprint density at radius 1 is 1.58 bits per heavy atom. The molecule has 0 amide bonds. The fraction of sp³-hybridized carbons (Fsp3) is 0.455. The van der Waals surface area contributed by atoms with Crippen LogP contribution >= 0.6 is 0 Å². The van der Waals surface area contributed by atoms with E-state index in [1.807, 2.05) is 6.08 Å². The van der Waals surface area contributed by atoms with Crippen molar-refractivity contribution < 1.29 is 5.11 Å². The van der Waals surface area contributed by atoms with Crippen molar-refractivity contribution in [3.8, 4) is 0 Å². The van der Waals surface area contributed by atoms with Crippen molar-refractivity contribution in [2.45, 2.75) is 26.2 Å². The summed E-state index contributed by atoms with van der Waals surface area (Å²) >= 11 is 0. The van der Waals surface area contributed by atoms with E-state index in [1.54, 1.807) is 0 Å². The lowest BCUT2D eigenvalue weighted by atomic mass is 10.0. The van der Waals surface area contributed by atoms with Crippen molar-refractivity contribution in [2.24, 2.45) is 0 Å². The summed E-state index contributed by atoms with van der Waals surface area (Å²) in [6.45, 7) is 6.35. The average molecular weight is 164 g/mol. The highest BCUT2D eigenvalue weighted by Gasteiger charge is 2.09. The van der Waals surface area contributed by atoms with Crippen molar-refractivity contribution in [1.29, 1.82) is 0 Å². The molecule has 1 heteroatoms. The lowest BCUT2D eigenvalue weighted by Gasteiger charge is -2.05. The molecule has 0 radical (unpaired) electrons. The van der Waals surface area contributed by atoms with Crippen LogP contribution in [0.4, 0.5) is 0 Å². The van der Waals surface area contributed by atoms with E-state index in [0.29, 0.717) is 0 Å². The summed E-state index contributed by atoms with van der Waals surface area (Å²) < 4.78 is 0. The van der Waals surface area contributed by atoms with E-state index in [9.17, 15) is 0 Å². The Balaban J connectivity index is 2.45. The molecule has 0 saturated carbocycles. The summed E-state index contributed by atoms with van der Waals surface area (Å²) in [5, 5.41) is 8.86. The van der Waals surface area contributed by atoms with Gasteiger partial charge in [-0.25, -0.2) is 0 Å². The first-order chi connectivity index (χ1) is 5.77. The van der Waals surface area contributed by atoms with Gasteiger partial charge in [-0.15, -0.1) is 0 Å². The molecule has 1 N–H and O–H groups in total. The molecule has 0 unspecified atom stereocenters. The lowest BCUT2D eigenvalue weighted by molar-refractivity contribution is 0.329. The van der Waals surface area contributed by atoms with Crippen LogP contribution in [0.25, 0.3) is 0 Å². The Hall–Kier alpha value is -0.820. The molecule has 1 aliphatic rings. The molecule has 0 aromatic carbocycles. The molecule has 0 bridgehead atoms. The second-order valence-electron chi connectivity index (χ2n) is 3.21. The van der Waals surface area contributed by atoms with Crippen LogP contribution in [0.1, 0.15) is 26.2 Å².